The van der Waals surface area contributed by atoms with E-state index in [4.69, 9.17) is 0 Å². The predicted molar refractivity (Wildman–Crippen MR) is 141 cm³/mol. The first-order valence-corrected chi connectivity index (χ1v) is 13.2. The maximum absolute atomic E-state index is 14.3. The summed E-state index contributed by atoms with van der Waals surface area (Å²) in [6.07, 6.45) is 4.81. The first-order chi connectivity index (χ1) is 18.0. The van der Waals surface area contributed by atoms with Gasteiger partial charge in [0.2, 0.25) is 0 Å². The van der Waals surface area contributed by atoms with Crippen LogP contribution in [0.15, 0.2) is 65.8 Å². The third kappa shape index (κ3) is 5.27. The number of alkyl halides is 3. The molecule has 1 N–H and O–H groups in total. The fourth-order valence-corrected chi connectivity index (χ4v) is 5.54. The van der Waals surface area contributed by atoms with Gasteiger partial charge >= 0.3 is 11.5 Å². The van der Waals surface area contributed by atoms with Crippen LogP contribution in [-0.4, -0.2) is 33.0 Å². The second-order valence-electron chi connectivity index (χ2n) is 9.29. The number of thioether (sulfide) groups is 1. The number of benzene rings is 1. The van der Waals surface area contributed by atoms with E-state index in [0.29, 0.717) is 12.8 Å². The Morgan fingerprint density at radius 1 is 0.895 bits per heavy atom. The number of carbonyl (C=O) groups excluding carboxylic acids is 2. The van der Waals surface area contributed by atoms with Crippen molar-refractivity contribution in [2.45, 2.75) is 68.3 Å². The zero-order chi connectivity index (χ0) is 27.7. The number of nitrogens with zero attached hydrogens (tertiary/aromatic N) is 3. The van der Waals surface area contributed by atoms with Gasteiger partial charge in [0.05, 0.1) is 5.69 Å². The maximum atomic E-state index is 14.3. The van der Waals surface area contributed by atoms with E-state index in [1.165, 1.54) is 24.3 Å². The first kappa shape index (κ1) is 27.6. The standard InChI is InChI=1S/C28H29F3N4O2S/c1-5-21-15-19(11-13-32-21)17(3)27(18(4)20-12-14-33-22(6-2)16-20)25(36)35(26(37)34-27)23-7-9-24(10-8-23)38-28(29,30)31/h7-18H,5-6H2,1-4H3,(H,34,37). The summed E-state index contributed by atoms with van der Waals surface area (Å²) in [5, 5.41) is 3.00. The highest BCUT2D eigenvalue weighted by atomic mass is 32.2. The summed E-state index contributed by atoms with van der Waals surface area (Å²) in [5.41, 5.74) is -2.18. The Morgan fingerprint density at radius 2 is 1.39 bits per heavy atom. The van der Waals surface area contributed by atoms with Crippen molar-refractivity contribution in [1.29, 1.82) is 0 Å². The molecule has 1 aliphatic rings. The fourth-order valence-electron chi connectivity index (χ4n) is 5.00. The SMILES string of the molecule is CCc1cc(C(C)C2(C(C)c3ccnc(CC)c3)NC(=O)N(c3ccc(SC(F)(F)F)cc3)C2=O)ccn1. The van der Waals surface area contributed by atoms with Gasteiger partial charge in [0.15, 0.2) is 0 Å². The minimum atomic E-state index is -4.44. The van der Waals surface area contributed by atoms with Crippen molar-refractivity contribution in [3.63, 3.8) is 0 Å². The minimum Gasteiger partial charge on any atom is -0.322 e. The van der Waals surface area contributed by atoms with Gasteiger partial charge in [-0.2, -0.15) is 13.2 Å². The van der Waals surface area contributed by atoms with Gasteiger partial charge in [0.1, 0.15) is 5.54 Å². The highest BCUT2D eigenvalue weighted by Gasteiger charge is 2.58. The number of rotatable bonds is 8. The number of imide groups is 1. The second kappa shape index (κ2) is 10.8. The van der Waals surface area contributed by atoms with Crippen molar-refractivity contribution < 1.29 is 22.8 Å². The summed E-state index contributed by atoms with van der Waals surface area (Å²) < 4.78 is 38.4. The van der Waals surface area contributed by atoms with Crippen LogP contribution >= 0.6 is 11.8 Å². The lowest BCUT2D eigenvalue weighted by Gasteiger charge is -2.39. The molecule has 1 fully saturated rings. The summed E-state index contributed by atoms with van der Waals surface area (Å²) in [6, 6.07) is 12.2. The van der Waals surface area contributed by atoms with Crippen LogP contribution in [0.4, 0.5) is 23.7 Å². The smallest absolute Gasteiger partial charge is 0.322 e. The summed E-state index contributed by atoms with van der Waals surface area (Å²) >= 11 is -0.251. The zero-order valence-electron chi connectivity index (χ0n) is 21.5. The maximum Gasteiger partial charge on any atom is 0.446 e. The molecule has 1 aromatic carbocycles. The zero-order valence-corrected chi connectivity index (χ0v) is 22.4. The van der Waals surface area contributed by atoms with Crippen LogP contribution in [0.1, 0.15) is 62.0 Å². The highest BCUT2D eigenvalue weighted by molar-refractivity contribution is 8.00. The molecule has 38 heavy (non-hydrogen) atoms. The van der Waals surface area contributed by atoms with Crippen LogP contribution in [-0.2, 0) is 17.6 Å². The number of aromatic nitrogens is 2. The number of hydrogen-bond donors (Lipinski definition) is 1. The highest BCUT2D eigenvalue weighted by Crippen LogP contribution is 2.45. The van der Waals surface area contributed by atoms with E-state index < -0.39 is 34.8 Å². The van der Waals surface area contributed by atoms with E-state index in [-0.39, 0.29) is 22.3 Å². The van der Waals surface area contributed by atoms with Crippen molar-refractivity contribution in [3.8, 4) is 0 Å². The van der Waals surface area contributed by atoms with Crippen molar-refractivity contribution in [3.05, 3.63) is 83.4 Å². The molecule has 4 rings (SSSR count). The van der Waals surface area contributed by atoms with Gasteiger partial charge in [0.25, 0.3) is 5.91 Å². The lowest BCUT2D eigenvalue weighted by atomic mass is 9.69. The van der Waals surface area contributed by atoms with E-state index in [1.54, 1.807) is 12.4 Å². The van der Waals surface area contributed by atoms with Crippen molar-refractivity contribution >= 4 is 29.4 Å². The molecule has 0 saturated carbocycles. The van der Waals surface area contributed by atoms with Crippen LogP contribution in [0.25, 0.3) is 0 Å². The van der Waals surface area contributed by atoms with Crippen LogP contribution in [0.3, 0.4) is 0 Å². The monoisotopic (exact) mass is 542 g/mol. The van der Waals surface area contributed by atoms with E-state index in [2.05, 4.69) is 15.3 Å². The van der Waals surface area contributed by atoms with Crippen LogP contribution < -0.4 is 10.2 Å². The number of aryl methyl sites for hydroxylation is 2. The third-order valence-corrected chi connectivity index (χ3v) is 7.91. The normalized spacial score (nSPS) is 19.4. The van der Waals surface area contributed by atoms with E-state index >= 15 is 0 Å². The molecule has 0 aliphatic carbocycles. The number of urea groups is 1. The molecule has 10 heteroatoms. The average Bonchev–Trinajstić information content (AvgIpc) is 3.17. The molecule has 0 radical (unpaired) electrons. The van der Waals surface area contributed by atoms with E-state index in [9.17, 15) is 22.8 Å². The molecule has 6 nitrogen and oxygen atoms in total. The molecular weight excluding hydrogens is 513 g/mol. The Morgan fingerprint density at radius 3 is 1.84 bits per heavy atom. The lowest BCUT2D eigenvalue weighted by molar-refractivity contribution is -0.123. The number of hydrogen-bond acceptors (Lipinski definition) is 5. The quantitative estimate of drug-likeness (QED) is 0.256. The van der Waals surface area contributed by atoms with Gasteiger partial charge in [-0.25, -0.2) is 9.69 Å². The molecule has 2 atom stereocenters. The number of nitrogens with one attached hydrogen (secondary N) is 1. The van der Waals surface area contributed by atoms with Crippen molar-refractivity contribution in [2.75, 3.05) is 4.90 Å². The topological polar surface area (TPSA) is 75.2 Å². The van der Waals surface area contributed by atoms with Gasteiger partial charge in [-0.05, 0) is 84.3 Å². The molecule has 0 spiro atoms. The Balaban J connectivity index is 1.80. The van der Waals surface area contributed by atoms with Crippen LogP contribution in [0, 0.1) is 0 Å². The van der Waals surface area contributed by atoms with Crippen molar-refractivity contribution in [2.24, 2.45) is 0 Å². The van der Waals surface area contributed by atoms with Crippen molar-refractivity contribution in [1.82, 2.24) is 15.3 Å². The molecule has 0 bridgehead atoms. The summed E-state index contributed by atoms with van der Waals surface area (Å²) in [7, 11) is 0. The Kier molecular flexibility index (Phi) is 7.83. The summed E-state index contributed by atoms with van der Waals surface area (Å²) in [4.78, 5) is 37.5. The van der Waals surface area contributed by atoms with Gasteiger partial charge in [0, 0.05) is 40.5 Å². The second-order valence-corrected chi connectivity index (χ2v) is 10.4. The molecule has 2 aromatic heterocycles. The molecule has 200 valence electrons. The lowest BCUT2D eigenvalue weighted by Crippen LogP contribution is -2.55. The van der Waals surface area contributed by atoms with E-state index in [1.807, 2.05) is 52.0 Å². The molecular formula is C28H29F3N4O2S. The molecule has 1 saturated heterocycles. The number of halogens is 3. The third-order valence-electron chi connectivity index (χ3n) is 7.17. The van der Waals surface area contributed by atoms with Gasteiger partial charge in [-0.1, -0.05) is 27.7 Å². The fraction of sp³-hybridized carbons (Fsp3) is 0.357. The molecule has 3 amide bonds. The number of anilines is 1. The van der Waals surface area contributed by atoms with Gasteiger partial charge in [-0.15, -0.1) is 0 Å². The summed E-state index contributed by atoms with van der Waals surface area (Å²) in [5.74, 6) is -1.38. The molecule has 3 heterocycles. The Bertz CT molecular complexity index is 1280. The minimum absolute atomic E-state index is 0.0333. The number of amides is 3. The van der Waals surface area contributed by atoms with Gasteiger partial charge in [-0.3, -0.25) is 14.8 Å². The summed E-state index contributed by atoms with van der Waals surface area (Å²) in [6.45, 7) is 7.78. The van der Waals surface area contributed by atoms with Gasteiger partial charge < -0.3 is 5.32 Å². The van der Waals surface area contributed by atoms with Crippen LogP contribution in [0.2, 0.25) is 0 Å². The molecule has 1 aliphatic heterocycles. The first-order valence-electron chi connectivity index (χ1n) is 12.4. The van der Waals surface area contributed by atoms with Crippen LogP contribution in [0.5, 0.6) is 0 Å². The largest absolute Gasteiger partial charge is 0.446 e. The Hall–Kier alpha value is -3.40. The number of carbonyl (C=O) groups is 2. The predicted octanol–water partition coefficient (Wildman–Crippen LogP) is 6.62. The molecule has 2 unspecified atom stereocenters. The van der Waals surface area contributed by atoms with E-state index in [0.717, 1.165) is 27.4 Å². The molecule has 3 aromatic rings. The average molecular weight is 543 g/mol. The Labute approximate surface area is 224 Å². The number of pyridine rings is 2.